The van der Waals surface area contributed by atoms with Crippen molar-refractivity contribution >= 4 is 28.8 Å². The second-order valence-corrected chi connectivity index (χ2v) is 6.29. The quantitative estimate of drug-likeness (QED) is 0.803. The van der Waals surface area contributed by atoms with Gasteiger partial charge in [-0.25, -0.2) is 0 Å². The third-order valence-corrected chi connectivity index (χ3v) is 4.44. The van der Waals surface area contributed by atoms with Crippen molar-refractivity contribution in [2.45, 2.75) is 25.8 Å². The zero-order chi connectivity index (χ0) is 14.5. The van der Waals surface area contributed by atoms with Gasteiger partial charge in [-0.1, -0.05) is 32.0 Å². The Morgan fingerprint density at radius 1 is 1.25 bits per heavy atom. The first kappa shape index (κ1) is 15.1. The summed E-state index contributed by atoms with van der Waals surface area (Å²) in [7, 11) is 0. The predicted octanol–water partition coefficient (Wildman–Crippen LogP) is 4.61. The van der Waals surface area contributed by atoms with Crippen LogP contribution in [0.4, 0.5) is 0 Å². The number of rotatable bonds is 5. The number of alkyl halides is 1. The van der Waals surface area contributed by atoms with Crippen LogP contribution >= 0.6 is 22.9 Å². The van der Waals surface area contributed by atoms with Crippen molar-refractivity contribution in [3.63, 3.8) is 0 Å². The van der Waals surface area contributed by atoms with Gasteiger partial charge in [-0.3, -0.25) is 4.79 Å². The highest BCUT2D eigenvalue weighted by atomic mass is 35.5. The van der Waals surface area contributed by atoms with Crippen molar-refractivity contribution in [2.75, 3.05) is 0 Å². The maximum atomic E-state index is 12.3. The highest BCUT2D eigenvalue weighted by molar-refractivity contribution is 7.10. The molecule has 0 aliphatic rings. The molecule has 1 aromatic heterocycles. The number of carbonyl (C=O) groups is 1. The van der Waals surface area contributed by atoms with Gasteiger partial charge in [0.15, 0.2) is 0 Å². The molecule has 1 N–H and O–H groups in total. The monoisotopic (exact) mass is 307 g/mol. The summed E-state index contributed by atoms with van der Waals surface area (Å²) in [6.45, 7) is 4.22. The minimum atomic E-state index is -0.0433. The smallest absolute Gasteiger partial charge is 0.251 e. The molecule has 1 aromatic carbocycles. The van der Waals surface area contributed by atoms with Gasteiger partial charge < -0.3 is 5.32 Å². The number of hydrogen-bond donors (Lipinski definition) is 1. The van der Waals surface area contributed by atoms with E-state index in [1.807, 2.05) is 35.7 Å². The highest BCUT2D eigenvalue weighted by Crippen LogP contribution is 2.26. The zero-order valence-electron chi connectivity index (χ0n) is 11.6. The molecule has 1 atom stereocenters. The average molecular weight is 308 g/mol. The second-order valence-electron chi connectivity index (χ2n) is 5.04. The lowest BCUT2D eigenvalue weighted by molar-refractivity contribution is 0.0926. The summed E-state index contributed by atoms with van der Waals surface area (Å²) < 4.78 is 0. The van der Waals surface area contributed by atoms with Gasteiger partial charge in [0.2, 0.25) is 0 Å². The standard InChI is InChI=1S/C16H18ClNOS/c1-11(2)15(14-4-3-9-20-14)18-16(19)13-7-5-12(10-17)6-8-13/h3-9,11,15H,10H2,1-2H3,(H,18,19). The van der Waals surface area contributed by atoms with Crippen LogP contribution in [0.25, 0.3) is 0 Å². The summed E-state index contributed by atoms with van der Waals surface area (Å²) in [5.41, 5.74) is 1.68. The number of thiophene rings is 1. The fraction of sp³-hybridized carbons (Fsp3) is 0.312. The molecule has 0 spiro atoms. The Morgan fingerprint density at radius 3 is 2.45 bits per heavy atom. The lowest BCUT2D eigenvalue weighted by atomic mass is 10.0. The van der Waals surface area contributed by atoms with Gasteiger partial charge in [-0.05, 0) is 35.1 Å². The largest absolute Gasteiger partial charge is 0.344 e. The van der Waals surface area contributed by atoms with E-state index in [9.17, 15) is 4.79 Å². The Labute approximate surface area is 128 Å². The lowest BCUT2D eigenvalue weighted by Crippen LogP contribution is -2.31. The van der Waals surface area contributed by atoms with Gasteiger partial charge in [0.05, 0.1) is 6.04 Å². The predicted molar refractivity (Wildman–Crippen MR) is 85.4 cm³/mol. The molecular weight excluding hydrogens is 290 g/mol. The molecule has 2 rings (SSSR count). The number of halogens is 1. The number of benzene rings is 1. The van der Waals surface area contributed by atoms with Crippen molar-refractivity contribution in [3.05, 3.63) is 57.8 Å². The highest BCUT2D eigenvalue weighted by Gasteiger charge is 2.19. The first-order valence-corrected chi connectivity index (χ1v) is 8.02. The molecule has 2 aromatic rings. The molecule has 0 aliphatic carbocycles. The molecule has 0 aliphatic heterocycles. The first-order chi connectivity index (χ1) is 9.61. The molecule has 0 bridgehead atoms. The maximum Gasteiger partial charge on any atom is 0.251 e. The fourth-order valence-electron chi connectivity index (χ4n) is 2.00. The maximum absolute atomic E-state index is 12.3. The van der Waals surface area contributed by atoms with E-state index < -0.39 is 0 Å². The number of carbonyl (C=O) groups excluding carboxylic acids is 1. The van der Waals surface area contributed by atoms with E-state index >= 15 is 0 Å². The Balaban J connectivity index is 2.12. The van der Waals surface area contributed by atoms with Crippen molar-refractivity contribution in [1.82, 2.24) is 5.32 Å². The van der Waals surface area contributed by atoms with E-state index in [0.29, 0.717) is 17.4 Å². The summed E-state index contributed by atoms with van der Waals surface area (Å²) in [5, 5.41) is 5.14. The summed E-state index contributed by atoms with van der Waals surface area (Å²) in [6.07, 6.45) is 0. The summed E-state index contributed by atoms with van der Waals surface area (Å²) in [5.74, 6) is 0.768. The number of hydrogen-bond acceptors (Lipinski definition) is 2. The molecular formula is C16H18ClNOS. The van der Waals surface area contributed by atoms with E-state index in [1.165, 1.54) is 4.88 Å². The fourth-order valence-corrected chi connectivity index (χ4v) is 3.13. The molecule has 0 fully saturated rings. The minimum absolute atomic E-state index is 0.0433. The molecule has 1 heterocycles. The molecule has 20 heavy (non-hydrogen) atoms. The van der Waals surface area contributed by atoms with Crippen molar-refractivity contribution < 1.29 is 4.79 Å². The van der Waals surface area contributed by atoms with Gasteiger partial charge in [0.1, 0.15) is 0 Å². The zero-order valence-corrected chi connectivity index (χ0v) is 13.2. The molecule has 1 unspecified atom stereocenters. The molecule has 0 saturated carbocycles. The lowest BCUT2D eigenvalue weighted by Gasteiger charge is -2.21. The number of amides is 1. The topological polar surface area (TPSA) is 29.1 Å². The Hall–Kier alpha value is -1.32. The molecule has 0 radical (unpaired) electrons. The van der Waals surface area contributed by atoms with Crippen LogP contribution in [0.5, 0.6) is 0 Å². The van der Waals surface area contributed by atoms with Gasteiger partial charge in [-0.2, -0.15) is 0 Å². The van der Waals surface area contributed by atoms with Crippen LogP contribution in [0.1, 0.15) is 40.7 Å². The third-order valence-electron chi connectivity index (χ3n) is 3.17. The van der Waals surface area contributed by atoms with Crippen LogP contribution in [0.2, 0.25) is 0 Å². The van der Waals surface area contributed by atoms with Crippen molar-refractivity contribution in [3.8, 4) is 0 Å². The van der Waals surface area contributed by atoms with E-state index in [2.05, 4.69) is 25.2 Å². The first-order valence-electron chi connectivity index (χ1n) is 6.61. The van der Waals surface area contributed by atoms with Crippen molar-refractivity contribution in [2.24, 2.45) is 5.92 Å². The molecule has 4 heteroatoms. The van der Waals surface area contributed by atoms with Crippen molar-refractivity contribution in [1.29, 1.82) is 0 Å². The number of nitrogens with one attached hydrogen (secondary N) is 1. The minimum Gasteiger partial charge on any atom is -0.344 e. The average Bonchev–Trinajstić information content (AvgIpc) is 2.98. The van der Waals surface area contributed by atoms with E-state index in [0.717, 1.165) is 5.56 Å². The SMILES string of the molecule is CC(C)C(NC(=O)c1ccc(CCl)cc1)c1cccs1. The van der Waals surface area contributed by atoms with Crippen LogP contribution in [-0.2, 0) is 5.88 Å². The normalized spacial score (nSPS) is 12.4. The van der Waals surface area contributed by atoms with Crippen LogP contribution in [-0.4, -0.2) is 5.91 Å². The molecule has 106 valence electrons. The van der Waals surface area contributed by atoms with Gasteiger partial charge in [-0.15, -0.1) is 22.9 Å². The Kier molecular flexibility index (Phi) is 5.21. The summed E-state index contributed by atoms with van der Waals surface area (Å²) >= 11 is 7.42. The summed E-state index contributed by atoms with van der Waals surface area (Å²) in [6, 6.07) is 11.5. The summed E-state index contributed by atoms with van der Waals surface area (Å²) in [4.78, 5) is 13.5. The Morgan fingerprint density at radius 2 is 1.95 bits per heavy atom. The van der Waals surface area contributed by atoms with Crippen LogP contribution < -0.4 is 5.32 Å². The van der Waals surface area contributed by atoms with E-state index in [-0.39, 0.29) is 11.9 Å². The molecule has 2 nitrogen and oxygen atoms in total. The molecule has 0 saturated heterocycles. The Bertz CT molecular complexity index is 548. The van der Waals surface area contributed by atoms with Gasteiger partial charge in [0.25, 0.3) is 5.91 Å². The van der Waals surface area contributed by atoms with Gasteiger partial charge >= 0.3 is 0 Å². The van der Waals surface area contributed by atoms with E-state index in [4.69, 9.17) is 11.6 Å². The van der Waals surface area contributed by atoms with E-state index in [1.54, 1.807) is 11.3 Å². The molecule has 1 amide bonds. The van der Waals surface area contributed by atoms with Crippen LogP contribution in [0, 0.1) is 5.92 Å². The third kappa shape index (κ3) is 3.62. The van der Waals surface area contributed by atoms with Crippen LogP contribution in [0.3, 0.4) is 0 Å². The van der Waals surface area contributed by atoms with Gasteiger partial charge in [0, 0.05) is 16.3 Å². The van der Waals surface area contributed by atoms with Crippen LogP contribution in [0.15, 0.2) is 41.8 Å². The second kappa shape index (κ2) is 6.91.